The van der Waals surface area contributed by atoms with Crippen molar-refractivity contribution in [3.05, 3.63) is 75.1 Å². The average Bonchev–Trinajstić information content (AvgIpc) is 3.36. The first-order chi connectivity index (χ1) is 14.4. The van der Waals surface area contributed by atoms with Crippen molar-refractivity contribution in [2.45, 2.75) is 51.0 Å². The smallest absolute Gasteiger partial charge is 0.306 e. The Morgan fingerprint density at radius 3 is 2.83 bits per heavy atom. The fourth-order valence-corrected chi connectivity index (χ4v) is 4.02. The number of aromatic nitrogens is 2. The lowest BCUT2D eigenvalue weighted by Gasteiger charge is -2.32. The highest BCUT2D eigenvalue weighted by molar-refractivity contribution is 5.71. The second-order valence-electron chi connectivity index (χ2n) is 8.30. The number of H-pyrrole nitrogens is 2. The number of methoxy groups -OCH3 is 1. The minimum absolute atomic E-state index is 0.0189. The number of carbonyl (C=O) groups excluding carboxylic acids is 1. The largest absolute Gasteiger partial charge is 0.488 e. The minimum Gasteiger partial charge on any atom is -0.488 e. The third-order valence-electron chi connectivity index (χ3n) is 5.62. The Morgan fingerprint density at radius 2 is 2.10 bits per heavy atom. The van der Waals surface area contributed by atoms with E-state index in [2.05, 4.69) is 30.1 Å². The molecular weight excluding hydrogens is 384 g/mol. The summed E-state index contributed by atoms with van der Waals surface area (Å²) in [6.07, 6.45) is 3.97. The third kappa shape index (κ3) is 4.06. The fourth-order valence-electron chi connectivity index (χ4n) is 4.02. The maximum Gasteiger partial charge on any atom is 0.306 e. The summed E-state index contributed by atoms with van der Waals surface area (Å²) in [7, 11) is 1.33. The lowest BCUT2D eigenvalue weighted by atomic mass is 9.90. The summed E-state index contributed by atoms with van der Waals surface area (Å²) < 4.78 is 16.4. The SMILES string of the molecule is COC(=O)CC(c1ccco1)c1c(Cc2ccc3c(c2)CCC(C)(C)O3)[nH][nH]c1=O. The predicted molar refractivity (Wildman–Crippen MR) is 111 cm³/mol. The maximum atomic E-state index is 12.6. The highest BCUT2D eigenvalue weighted by Crippen LogP contribution is 2.34. The molecule has 30 heavy (non-hydrogen) atoms. The molecule has 2 aromatic heterocycles. The van der Waals surface area contributed by atoms with Crippen molar-refractivity contribution in [2.75, 3.05) is 7.11 Å². The van der Waals surface area contributed by atoms with E-state index in [1.165, 1.54) is 18.9 Å². The molecular formula is C23H26N2O5. The number of esters is 1. The monoisotopic (exact) mass is 410 g/mol. The van der Waals surface area contributed by atoms with Gasteiger partial charge in [-0.2, -0.15) is 0 Å². The van der Waals surface area contributed by atoms with E-state index >= 15 is 0 Å². The van der Waals surface area contributed by atoms with Crippen LogP contribution in [-0.2, 0) is 22.4 Å². The third-order valence-corrected chi connectivity index (χ3v) is 5.62. The normalized spacial score (nSPS) is 15.8. The molecule has 0 bridgehead atoms. The summed E-state index contributed by atoms with van der Waals surface area (Å²) in [4.78, 5) is 24.6. The van der Waals surface area contributed by atoms with Gasteiger partial charge in [0.05, 0.1) is 31.3 Å². The molecule has 0 spiro atoms. The van der Waals surface area contributed by atoms with Gasteiger partial charge in [-0.1, -0.05) is 12.1 Å². The fraction of sp³-hybridized carbons (Fsp3) is 0.391. The highest BCUT2D eigenvalue weighted by Gasteiger charge is 2.29. The molecule has 1 aliphatic heterocycles. The molecule has 1 aliphatic rings. The first kappa shape index (κ1) is 20.1. The molecule has 1 aromatic carbocycles. The first-order valence-corrected chi connectivity index (χ1v) is 10.1. The maximum absolute atomic E-state index is 12.6. The van der Waals surface area contributed by atoms with Gasteiger partial charge in [0.15, 0.2) is 0 Å². The minimum atomic E-state index is -0.529. The van der Waals surface area contributed by atoms with E-state index in [4.69, 9.17) is 13.9 Å². The Balaban J connectivity index is 1.65. The van der Waals surface area contributed by atoms with Gasteiger partial charge in [0.2, 0.25) is 0 Å². The van der Waals surface area contributed by atoms with E-state index in [0.717, 1.165) is 29.8 Å². The number of nitrogens with one attached hydrogen (secondary N) is 2. The van der Waals surface area contributed by atoms with Gasteiger partial charge in [-0.05, 0) is 56.0 Å². The van der Waals surface area contributed by atoms with Crippen LogP contribution < -0.4 is 10.3 Å². The number of fused-ring (bicyclic) bond motifs is 1. The quantitative estimate of drug-likeness (QED) is 0.604. The van der Waals surface area contributed by atoms with Crippen LogP contribution in [-0.4, -0.2) is 28.9 Å². The van der Waals surface area contributed by atoms with Crippen LogP contribution in [0.25, 0.3) is 0 Å². The zero-order chi connectivity index (χ0) is 21.3. The van der Waals surface area contributed by atoms with Gasteiger partial charge < -0.3 is 19.0 Å². The van der Waals surface area contributed by atoms with Crippen LogP contribution in [0.5, 0.6) is 5.75 Å². The number of furan rings is 1. The van der Waals surface area contributed by atoms with E-state index in [9.17, 15) is 9.59 Å². The Morgan fingerprint density at radius 1 is 1.27 bits per heavy atom. The van der Waals surface area contributed by atoms with Crippen molar-refractivity contribution in [1.29, 1.82) is 0 Å². The van der Waals surface area contributed by atoms with Crippen molar-refractivity contribution < 1.29 is 18.7 Å². The summed E-state index contributed by atoms with van der Waals surface area (Å²) in [5.74, 6) is 0.528. The molecule has 1 unspecified atom stereocenters. The van der Waals surface area contributed by atoms with Crippen LogP contribution in [0, 0.1) is 0 Å². The molecule has 4 rings (SSSR count). The number of hydrogen-bond donors (Lipinski definition) is 2. The number of rotatable bonds is 6. The summed E-state index contributed by atoms with van der Waals surface area (Å²) in [5, 5.41) is 5.65. The number of ether oxygens (including phenoxy) is 2. The Labute approximate surface area is 174 Å². The van der Waals surface area contributed by atoms with Gasteiger partial charge in [0, 0.05) is 12.1 Å². The average molecular weight is 410 g/mol. The summed E-state index contributed by atoms with van der Waals surface area (Å²) >= 11 is 0. The summed E-state index contributed by atoms with van der Waals surface area (Å²) in [6, 6.07) is 9.64. The Hall–Kier alpha value is -3.22. The lowest BCUT2D eigenvalue weighted by molar-refractivity contribution is -0.140. The lowest BCUT2D eigenvalue weighted by Crippen LogP contribution is -2.32. The van der Waals surface area contributed by atoms with Crippen molar-refractivity contribution in [2.24, 2.45) is 0 Å². The number of benzene rings is 1. The van der Waals surface area contributed by atoms with Crippen LogP contribution in [0.1, 0.15) is 60.8 Å². The van der Waals surface area contributed by atoms with E-state index < -0.39 is 11.9 Å². The zero-order valence-electron chi connectivity index (χ0n) is 17.4. The van der Waals surface area contributed by atoms with E-state index in [1.54, 1.807) is 12.1 Å². The molecule has 0 amide bonds. The van der Waals surface area contributed by atoms with Gasteiger partial charge >= 0.3 is 5.97 Å². The first-order valence-electron chi connectivity index (χ1n) is 10.1. The molecule has 0 radical (unpaired) electrons. The van der Waals surface area contributed by atoms with Crippen LogP contribution in [0.15, 0.2) is 45.8 Å². The highest BCUT2D eigenvalue weighted by atomic mass is 16.5. The van der Waals surface area contributed by atoms with Crippen LogP contribution in [0.2, 0.25) is 0 Å². The van der Waals surface area contributed by atoms with E-state index in [-0.39, 0.29) is 17.6 Å². The summed E-state index contributed by atoms with van der Waals surface area (Å²) in [5.41, 5.74) is 3.02. The van der Waals surface area contributed by atoms with Gasteiger partial charge in [-0.3, -0.25) is 14.7 Å². The molecule has 0 saturated heterocycles. The molecule has 7 nitrogen and oxygen atoms in total. The van der Waals surface area contributed by atoms with Crippen LogP contribution in [0.3, 0.4) is 0 Å². The summed E-state index contributed by atoms with van der Waals surface area (Å²) in [6.45, 7) is 4.19. The van der Waals surface area contributed by atoms with Crippen molar-refractivity contribution >= 4 is 5.97 Å². The molecule has 0 fully saturated rings. The van der Waals surface area contributed by atoms with Gasteiger partial charge in [0.25, 0.3) is 5.56 Å². The number of carbonyl (C=O) groups is 1. The molecule has 3 aromatic rings. The van der Waals surface area contributed by atoms with Gasteiger partial charge in [-0.15, -0.1) is 0 Å². The molecule has 2 N–H and O–H groups in total. The molecule has 0 aliphatic carbocycles. The molecule has 158 valence electrons. The Kier molecular flexibility index (Phi) is 5.28. The van der Waals surface area contributed by atoms with Crippen molar-refractivity contribution in [3.8, 4) is 5.75 Å². The number of hydrogen-bond acceptors (Lipinski definition) is 5. The predicted octanol–water partition coefficient (Wildman–Crippen LogP) is 3.69. The van der Waals surface area contributed by atoms with Crippen molar-refractivity contribution in [1.82, 2.24) is 10.2 Å². The van der Waals surface area contributed by atoms with Crippen molar-refractivity contribution in [3.63, 3.8) is 0 Å². The standard InChI is InChI=1S/C23H26N2O5/c1-23(2)9-8-15-11-14(6-7-18(15)30-23)12-17-21(22(27)25-24-17)16(13-20(26)28-3)19-5-4-10-29-19/h4-7,10-11,16H,8-9,12-13H2,1-3H3,(H2,24,25,27). The van der Waals surface area contributed by atoms with Crippen LogP contribution >= 0.6 is 0 Å². The molecule has 0 saturated carbocycles. The molecule has 1 atom stereocenters. The van der Waals surface area contributed by atoms with E-state index in [1.807, 2.05) is 12.1 Å². The van der Waals surface area contributed by atoms with Gasteiger partial charge in [0.1, 0.15) is 17.1 Å². The second kappa shape index (κ2) is 7.89. The van der Waals surface area contributed by atoms with E-state index in [0.29, 0.717) is 17.7 Å². The van der Waals surface area contributed by atoms with Gasteiger partial charge in [-0.25, -0.2) is 0 Å². The second-order valence-corrected chi connectivity index (χ2v) is 8.30. The zero-order valence-corrected chi connectivity index (χ0v) is 17.4. The number of aromatic amines is 2. The molecule has 3 heterocycles. The molecule has 7 heteroatoms. The topological polar surface area (TPSA) is 97.3 Å². The van der Waals surface area contributed by atoms with Crippen LogP contribution in [0.4, 0.5) is 0 Å². The number of aryl methyl sites for hydroxylation is 1. The Bertz CT molecular complexity index is 1090.